The first-order valence-electron chi connectivity index (χ1n) is 4.86. The number of halogens is 3. The van der Waals surface area contributed by atoms with E-state index in [0.29, 0.717) is 6.07 Å². The van der Waals surface area contributed by atoms with Crippen LogP contribution in [0.3, 0.4) is 0 Å². The summed E-state index contributed by atoms with van der Waals surface area (Å²) >= 11 is 0. The number of rotatable bonds is 1. The van der Waals surface area contributed by atoms with Crippen LogP contribution in [-0.4, -0.2) is 12.4 Å². The smallest absolute Gasteiger partial charge is 0.167 e. The number of carbonyl (C=O) groups excluding carboxylic acids is 1. The molecule has 0 spiro atoms. The molecule has 0 radical (unpaired) electrons. The predicted molar refractivity (Wildman–Crippen MR) is 49.3 cm³/mol. The normalized spacial score (nSPS) is 21.2. The number of ketones is 1. The molecule has 1 fully saturated rings. The van der Waals surface area contributed by atoms with E-state index in [1.807, 2.05) is 0 Å². The molecule has 1 aromatic carbocycles. The van der Waals surface area contributed by atoms with Crippen molar-refractivity contribution in [2.45, 2.75) is 18.9 Å². The Morgan fingerprint density at radius 3 is 2.56 bits per heavy atom. The third-order valence-corrected chi connectivity index (χ3v) is 2.51. The van der Waals surface area contributed by atoms with Crippen LogP contribution in [0.15, 0.2) is 12.1 Å². The van der Waals surface area contributed by atoms with E-state index in [4.69, 9.17) is 4.74 Å². The molecule has 1 saturated heterocycles. The average Bonchev–Trinajstić information content (AvgIpc) is 2.24. The summed E-state index contributed by atoms with van der Waals surface area (Å²) in [7, 11) is 0. The molecule has 2 nitrogen and oxygen atoms in total. The first-order chi connectivity index (χ1) is 7.59. The van der Waals surface area contributed by atoms with Gasteiger partial charge in [0.05, 0.1) is 18.3 Å². The number of Topliss-reactive ketones (excluding diaryl/α,β-unsaturated/α-hetero) is 1. The predicted octanol–water partition coefficient (Wildman–Crippen LogP) is 2.52. The lowest BCUT2D eigenvalue weighted by Crippen LogP contribution is -2.21. The second-order valence-electron chi connectivity index (χ2n) is 3.61. The van der Waals surface area contributed by atoms with Crippen LogP contribution in [-0.2, 0) is 9.53 Å². The lowest BCUT2D eigenvalue weighted by Gasteiger charge is -2.22. The molecule has 1 unspecified atom stereocenters. The van der Waals surface area contributed by atoms with Crippen molar-refractivity contribution in [3.05, 3.63) is 35.1 Å². The van der Waals surface area contributed by atoms with Gasteiger partial charge in [0.1, 0.15) is 11.6 Å². The minimum Gasteiger partial charge on any atom is -0.372 e. The molecule has 1 aliphatic heterocycles. The molecule has 86 valence electrons. The summed E-state index contributed by atoms with van der Waals surface area (Å²) in [5.74, 6) is -3.45. The van der Waals surface area contributed by atoms with Crippen molar-refractivity contribution >= 4 is 5.78 Å². The molecule has 0 aromatic heterocycles. The Labute approximate surface area is 90.0 Å². The van der Waals surface area contributed by atoms with Crippen molar-refractivity contribution in [2.75, 3.05) is 6.61 Å². The van der Waals surface area contributed by atoms with Gasteiger partial charge in [-0.1, -0.05) is 0 Å². The highest BCUT2D eigenvalue weighted by Gasteiger charge is 2.28. The topological polar surface area (TPSA) is 26.3 Å². The van der Waals surface area contributed by atoms with Gasteiger partial charge in [-0.3, -0.25) is 4.79 Å². The molecule has 16 heavy (non-hydrogen) atoms. The summed E-state index contributed by atoms with van der Waals surface area (Å²) in [6.07, 6.45) is -0.899. The summed E-state index contributed by atoms with van der Waals surface area (Å²) in [5.41, 5.74) is -0.493. The third kappa shape index (κ3) is 1.95. The Kier molecular flexibility index (Phi) is 2.96. The van der Waals surface area contributed by atoms with Crippen molar-refractivity contribution in [1.29, 1.82) is 0 Å². The van der Waals surface area contributed by atoms with Gasteiger partial charge >= 0.3 is 0 Å². The Balaban J connectivity index is 2.39. The minimum atomic E-state index is -1.28. The second kappa shape index (κ2) is 4.25. The largest absolute Gasteiger partial charge is 0.372 e. The zero-order chi connectivity index (χ0) is 11.7. The van der Waals surface area contributed by atoms with Gasteiger partial charge in [0.2, 0.25) is 0 Å². The monoisotopic (exact) mass is 230 g/mol. The molecular weight excluding hydrogens is 221 g/mol. The molecule has 1 aliphatic rings. The molecule has 1 aromatic rings. The summed E-state index contributed by atoms with van der Waals surface area (Å²) in [5, 5.41) is 0. The second-order valence-corrected chi connectivity index (χ2v) is 3.61. The zero-order valence-electron chi connectivity index (χ0n) is 8.30. The van der Waals surface area contributed by atoms with E-state index in [1.165, 1.54) is 0 Å². The Morgan fingerprint density at radius 2 is 1.88 bits per heavy atom. The van der Waals surface area contributed by atoms with Crippen molar-refractivity contribution in [3.8, 4) is 0 Å². The molecule has 5 heteroatoms. The number of carbonyl (C=O) groups is 1. The van der Waals surface area contributed by atoms with Crippen LogP contribution < -0.4 is 0 Å². The van der Waals surface area contributed by atoms with Crippen LogP contribution in [0.5, 0.6) is 0 Å². The van der Waals surface area contributed by atoms with Crippen LogP contribution in [0.25, 0.3) is 0 Å². The zero-order valence-corrected chi connectivity index (χ0v) is 8.30. The molecule has 1 heterocycles. The minimum absolute atomic E-state index is 0.110. The van der Waals surface area contributed by atoms with Gasteiger partial charge in [0.25, 0.3) is 0 Å². The standard InChI is InChI=1S/C11H9F3O2/c12-7-1-2-8(13)11(14)10(7)9-5-6(15)3-4-16-9/h1-2,9H,3-5H2. The van der Waals surface area contributed by atoms with E-state index in [2.05, 4.69) is 0 Å². The third-order valence-electron chi connectivity index (χ3n) is 2.51. The number of hydrogen-bond acceptors (Lipinski definition) is 2. The number of ether oxygens (including phenoxy) is 1. The summed E-state index contributed by atoms with van der Waals surface area (Å²) < 4.78 is 44.7. The van der Waals surface area contributed by atoms with Crippen molar-refractivity contribution in [2.24, 2.45) is 0 Å². The van der Waals surface area contributed by atoms with Gasteiger partial charge in [-0.2, -0.15) is 0 Å². The fraction of sp³-hybridized carbons (Fsp3) is 0.364. The Morgan fingerprint density at radius 1 is 1.19 bits per heavy atom. The molecule has 0 saturated carbocycles. The van der Waals surface area contributed by atoms with Crippen LogP contribution in [0.1, 0.15) is 24.5 Å². The van der Waals surface area contributed by atoms with Crippen molar-refractivity contribution in [1.82, 2.24) is 0 Å². The van der Waals surface area contributed by atoms with Gasteiger partial charge in [0.15, 0.2) is 11.6 Å². The van der Waals surface area contributed by atoms with Crippen molar-refractivity contribution < 1.29 is 22.7 Å². The molecule has 0 aliphatic carbocycles. The van der Waals surface area contributed by atoms with E-state index < -0.39 is 29.1 Å². The summed E-state index contributed by atoms with van der Waals surface area (Å²) in [6.45, 7) is 0.110. The highest BCUT2D eigenvalue weighted by molar-refractivity contribution is 5.79. The summed E-state index contributed by atoms with van der Waals surface area (Å²) in [6, 6.07) is 1.54. The SMILES string of the molecule is O=C1CCOC(c2c(F)ccc(F)c2F)C1. The quantitative estimate of drug-likeness (QED) is 0.693. The van der Waals surface area contributed by atoms with Gasteiger partial charge in [0, 0.05) is 12.8 Å². The lowest BCUT2D eigenvalue weighted by atomic mass is 9.99. The maximum absolute atomic E-state index is 13.4. The van der Waals surface area contributed by atoms with Gasteiger partial charge in [-0.15, -0.1) is 0 Å². The van der Waals surface area contributed by atoms with Crippen LogP contribution in [0.2, 0.25) is 0 Å². The van der Waals surface area contributed by atoms with Crippen LogP contribution in [0.4, 0.5) is 13.2 Å². The first kappa shape index (κ1) is 11.1. The van der Waals surface area contributed by atoms with Gasteiger partial charge < -0.3 is 4.74 Å². The molecule has 0 bridgehead atoms. The van der Waals surface area contributed by atoms with Crippen LogP contribution >= 0.6 is 0 Å². The van der Waals surface area contributed by atoms with E-state index in [-0.39, 0.29) is 25.2 Å². The maximum atomic E-state index is 13.4. The van der Waals surface area contributed by atoms with Gasteiger partial charge in [-0.25, -0.2) is 13.2 Å². The number of benzene rings is 1. The average molecular weight is 230 g/mol. The van der Waals surface area contributed by atoms with Gasteiger partial charge in [-0.05, 0) is 12.1 Å². The Bertz CT molecular complexity index is 431. The maximum Gasteiger partial charge on any atom is 0.167 e. The molecule has 0 amide bonds. The highest BCUT2D eigenvalue weighted by Crippen LogP contribution is 2.31. The van der Waals surface area contributed by atoms with E-state index >= 15 is 0 Å². The van der Waals surface area contributed by atoms with Crippen LogP contribution in [0, 0.1) is 17.5 Å². The number of hydrogen-bond donors (Lipinski definition) is 0. The van der Waals surface area contributed by atoms with E-state index in [1.54, 1.807) is 0 Å². The molecular formula is C11H9F3O2. The first-order valence-corrected chi connectivity index (χ1v) is 4.86. The lowest BCUT2D eigenvalue weighted by molar-refractivity contribution is -0.128. The summed E-state index contributed by atoms with van der Waals surface area (Å²) in [4.78, 5) is 11.1. The van der Waals surface area contributed by atoms with E-state index in [0.717, 1.165) is 6.07 Å². The van der Waals surface area contributed by atoms with Crippen molar-refractivity contribution in [3.63, 3.8) is 0 Å². The molecule has 0 N–H and O–H groups in total. The molecule has 2 rings (SSSR count). The fourth-order valence-corrected chi connectivity index (χ4v) is 1.71. The van der Waals surface area contributed by atoms with E-state index in [9.17, 15) is 18.0 Å². The highest BCUT2D eigenvalue weighted by atomic mass is 19.2. The molecule has 1 atom stereocenters. The Hall–Kier alpha value is -1.36. The fourth-order valence-electron chi connectivity index (χ4n) is 1.71.